The first-order chi connectivity index (χ1) is 9.54. The smallest absolute Gasteiger partial charge is 0.306 e. The lowest BCUT2D eigenvalue weighted by atomic mass is 10.1. The van der Waals surface area contributed by atoms with Gasteiger partial charge in [0.15, 0.2) is 0 Å². The minimum absolute atomic E-state index is 0.0637. The summed E-state index contributed by atoms with van der Waals surface area (Å²) in [6, 6.07) is 8.42. The SMILES string of the molecule is COC(=O)CC1(CSCC(N)c2cccc(C)c2)CC1. The molecular formula is C16H23NO2S. The molecule has 3 nitrogen and oxygen atoms in total. The van der Waals surface area contributed by atoms with Crippen LogP contribution < -0.4 is 5.73 Å². The van der Waals surface area contributed by atoms with Crippen LogP contribution in [0.5, 0.6) is 0 Å². The lowest BCUT2D eigenvalue weighted by molar-refractivity contribution is -0.141. The van der Waals surface area contributed by atoms with E-state index in [2.05, 4.69) is 31.2 Å². The first-order valence-electron chi connectivity index (χ1n) is 7.01. The van der Waals surface area contributed by atoms with Crippen molar-refractivity contribution >= 4 is 17.7 Å². The van der Waals surface area contributed by atoms with Crippen molar-refractivity contribution in [2.24, 2.45) is 11.1 Å². The number of methoxy groups -OCH3 is 1. The molecule has 1 aromatic carbocycles. The highest BCUT2D eigenvalue weighted by atomic mass is 32.2. The molecular weight excluding hydrogens is 270 g/mol. The number of thioether (sulfide) groups is 1. The molecule has 110 valence electrons. The molecule has 2 N–H and O–H groups in total. The van der Waals surface area contributed by atoms with Crippen LogP contribution in [0.25, 0.3) is 0 Å². The van der Waals surface area contributed by atoms with Crippen molar-refractivity contribution in [2.75, 3.05) is 18.6 Å². The van der Waals surface area contributed by atoms with E-state index in [1.54, 1.807) is 0 Å². The summed E-state index contributed by atoms with van der Waals surface area (Å²) in [5.74, 6) is 1.81. The van der Waals surface area contributed by atoms with Gasteiger partial charge in [0.1, 0.15) is 0 Å². The lowest BCUT2D eigenvalue weighted by Crippen LogP contribution is -2.17. The van der Waals surface area contributed by atoms with Crippen LogP contribution in [0.4, 0.5) is 0 Å². The van der Waals surface area contributed by atoms with Gasteiger partial charge in [0, 0.05) is 11.8 Å². The number of nitrogens with two attached hydrogens (primary N) is 1. The standard InChI is InChI=1S/C16H23NO2S/c1-12-4-3-5-13(8-12)14(17)10-20-11-16(6-7-16)9-15(18)19-2/h3-5,8,14H,6-7,9-11,17H2,1-2H3. The average molecular weight is 293 g/mol. The monoisotopic (exact) mass is 293 g/mol. The maximum atomic E-state index is 11.4. The first-order valence-corrected chi connectivity index (χ1v) is 8.17. The van der Waals surface area contributed by atoms with E-state index in [1.807, 2.05) is 11.8 Å². The molecule has 1 unspecified atom stereocenters. The third-order valence-corrected chi connectivity index (χ3v) is 5.29. The highest BCUT2D eigenvalue weighted by Gasteiger charge is 2.44. The quantitative estimate of drug-likeness (QED) is 0.785. The normalized spacial score (nSPS) is 17.6. The Kier molecular flexibility index (Phi) is 5.11. The molecule has 1 atom stereocenters. The molecule has 0 saturated heterocycles. The van der Waals surface area contributed by atoms with Gasteiger partial charge in [-0.3, -0.25) is 4.79 Å². The van der Waals surface area contributed by atoms with Gasteiger partial charge in [-0.05, 0) is 36.5 Å². The molecule has 1 saturated carbocycles. The Hall–Kier alpha value is -1.00. The third-order valence-electron chi connectivity index (χ3n) is 3.88. The number of aryl methyl sites for hydroxylation is 1. The number of hydrogen-bond acceptors (Lipinski definition) is 4. The van der Waals surface area contributed by atoms with Gasteiger partial charge in [-0.25, -0.2) is 0 Å². The van der Waals surface area contributed by atoms with Crippen LogP contribution in [-0.2, 0) is 9.53 Å². The van der Waals surface area contributed by atoms with Gasteiger partial charge in [0.2, 0.25) is 0 Å². The summed E-state index contributed by atoms with van der Waals surface area (Å²) in [6.45, 7) is 2.08. The topological polar surface area (TPSA) is 52.3 Å². The number of carbonyl (C=O) groups is 1. The Labute approximate surface area is 125 Å². The zero-order chi connectivity index (χ0) is 14.6. The summed E-state index contributed by atoms with van der Waals surface area (Å²) in [7, 11) is 1.46. The van der Waals surface area contributed by atoms with E-state index in [-0.39, 0.29) is 17.4 Å². The van der Waals surface area contributed by atoms with Gasteiger partial charge < -0.3 is 10.5 Å². The van der Waals surface area contributed by atoms with E-state index in [9.17, 15) is 4.79 Å². The van der Waals surface area contributed by atoms with Crippen LogP contribution in [0.1, 0.15) is 36.4 Å². The van der Waals surface area contributed by atoms with E-state index in [0.29, 0.717) is 6.42 Å². The largest absolute Gasteiger partial charge is 0.469 e. The highest BCUT2D eigenvalue weighted by molar-refractivity contribution is 7.99. The third kappa shape index (κ3) is 4.25. The van der Waals surface area contributed by atoms with E-state index in [4.69, 9.17) is 10.5 Å². The molecule has 20 heavy (non-hydrogen) atoms. The molecule has 1 fully saturated rings. The molecule has 0 aromatic heterocycles. The van der Waals surface area contributed by atoms with Crippen molar-refractivity contribution in [3.63, 3.8) is 0 Å². The molecule has 0 spiro atoms. The van der Waals surface area contributed by atoms with Crippen LogP contribution in [0.15, 0.2) is 24.3 Å². The van der Waals surface area contributed by atoms with Gasteiger partial charge in [0.25, 0.3) is 0 Å². The summed E-state index contributed by atoms with van der Waals surface area (Å²) in [5.41, 5.74) is 8.85. The van der Waals surface area contributed by atoms with E-state index in [0.717, 1.165) is 24.3 Å². The van der Waals surface area contributed by atoms with E-state index < -0.39 is 0 Å². The molecule has 1 aliphatic carbocycles. The van der Waals surface area contributed by atoms with Gasteiger partial charge in [-0.2, -0.15) is 11.8 Å². The van der Waals surface area contributed by atoms with Crippen LogP contribution in [-0.4, -0.2) is 24.6 Å². The number of ether oxygens (including phenoxy) is 1. The van der Waals surface area contributed by atoms with Gasteiger partial charge in [-0.15, -0.1) is 0 Å². The van der Waals surface area contributed by atoms with Crippen LogP contribution >= 0.6 is 11.8 Å². The van der Waals surface area contributed by atoms with E-state index in [1.165, 1.54) is 18.2 Å². The Bertz CT molecular complexity index is 471. The molecule has 2 rings (SSSR count). The fourth-order valence-electron chi connectivity index (χ4n) is 2.33. The van der Waals surface area contributed by atoms with Crippen molar-refractivity contribution in [2.45, 2.75) is 32.2 Å². The number of esters is 1. The first kappa shape index (κ1) is 15.4. The van der Waals surface area contributed by atoms with Crippen LogP contribution in [0.2, 0.25) is 0 Å². The zero-order valence-corrected chi connectivity index (χ0v) is 13.0. The minimum atomic E-state index is -0.0916. The fourth-order valence-corrected chi connectivity index (χ4v) is 3.71. The molecule has 0 bridgehead atoms. The highest BCUT2D eigenvalue weighted by Crippen LogP contribution is 2.51. The summed E-state index contributed by atoms with van der Waals surface area (Å²) < 4.78 is 4.76. The Morgan fingerprint density at radius 3 is 2.85 bits per heavy atom. The predicted octanol–water partition coefficient (Wildman–Crippen LogP) is 3.07. The molecule has 4 heteroatoms. The second-order valence-electron chi connectivity index (χ2n) is 5.79. The molecule has 1 aliphatic rings. The second-order valence-corrected chi connectivity index (χ2v) is 6.82. The molecule has 1 aromatic rings. The Morgan fingerprint density at radius 1 is 1.50 bits per heavy atom. The van der Waals surface area contributed by atoms with Gasteiger partial charge in [-0.1, -0.05) is 29.8 Å². The van der Waals surface area contributed by atoms with Crippen molar-refractivity contribution < 1.29 is 9.53 Å². The van der Waals surface area contributed by atoms with Crippen LogP contribution in [0.3, 0.4) is 0 Å². The predicted molar refractivity (Wildman–Crippen MR) is 83.7 cm³/mol. The number of hydrogen-bond donors (Lipinski definition) is 1. The van der Waals surface area contributed by atoms with E-state index >= 15 is 0 Å². The summed E-state index contributed by atoms with van der Waals surface area (Å²) in [4.78, 5) is 11.4. The van der Waals surface area contributed by atoms with Gasteiger partial charge >= 0.3 is 5.97 Å². The number of benzene rings is 1. The molecule has 0 radical (unpaired) electrons. The van der Waals surface area contributed by atoms with Crippen LogP contribution in [0, 0.1) is 12.3 Å². The molecule has 0 aliphatic heterocycles. The van der Waals surface area contributed by atoms with Crippen molar-refractivity contribution in [3.05, 3.63) is 35.4 Å². The van der Waals surface area contributed by atoms with Crippen molar-refractivity contribution in [1.29, 1.82) is 0 Å². The molecule has 0 amide bonds. The fraction of sp³-hybridized carbons (Fsp3) is 0.562. The van der Waals surface area contributed by atoms with Crippen molar-refractivity contribution in [1.82, 2.24) is 0 Å². The number of rotatable bonds is 7. The maximum Gasteiger partial charge on any atom is 0.306 e. The lowest BCUT2D eigenvalue weighted by Gasteiger charge is -2.16. The zero-order valence-electron chi connectivity index (χ0n) is 12.2. The Morgan fingerprint density at radius 2 is 2.25 bits per heavy atom. The Balaban J connectivity index is 1.77. The van der Waals surface area contributed by atoms with Crippen molar-refractivity contribution in [3.8, 4) is 0 Å². The second kappa shape index (κ2) is 6.64. The number of carbonyl (C=O) groups excluding carboxylic acids is 1. The minimum Gasteiger partial charge on any atom is -0.469 e. The van der Waals surface area contributed by atoms with Gasteiger partial charge in [0.05, 0.1) is 13.5 Å². The summed E-state index contributed by atoms with van der Waals surface area (Å²) in [5, 5.41) is 0. The summed E-state index contributed by atoms with van der Waals surface area (Å²) >= 11 is 1.85. The summed E-state index contributed by atoms with van der Waals surface area (Å²) in [6.07, 6.45) is 2.82. The molecule has 0 heterocycles. The average Bonchev–Trinajstić information content (AvgIpc) is 3.18. The maximum absolute atomic E-state index is 11.4.